The van der Waals surface area contributed by atoms with Crippen molar-refractivity contribution in [1.29, 1.82) is 0 Å². The molecule has 0 spiro atoms. The van der Waals surface area contributed by atoms with Crippen molar-refractivity contribution < 1.29 is 4.79 Å². The van der Waals surface area contributed by atoms with Crippen LogP contribution >= 0.6 is 11.6 Å². The minimum atomic E-state index is -0.721. The minimum Gasteiger partial charge on any atom is -0.383 e. The lowest BCUT2D eigenvalue weighted by molar-refractivity contribution is 0.0985. The molecule has 1 aromatic heterocycles. The maximum atomic E-state index is 13.4. The fourth-order valence-corrected chi connectivity index (χ4v) is 3.39. The number of unbranched alkanes of at least 4 members (excludes halogenated alkanes) is 1. The summed E-state index contributed by atoms with van der Waals surface area (Å²) in [5.41, 5.74) is 5.89. The van der Waals surface area contributed by atoms with E-state index >= 15 is 0 Å². The molecular formula is C22H23ClN4O3. The maximum absolute atomic E-state index is 13.4. The van der Waals surface area contributed by atoms with Gasteiger partial charge in [-0.15, -0.1) is 0 Å². The summed E-state index contributed by atoms with van der Waals surface area (Å²) in [7, 11) is 0. The molecule has 0 aliphatic rings. The zero-order valence-electron chi connectivity index (χ0n) is 16.6. The van der Waals surface area contributed by atoms with Gasteiger partial charge in [0.1, 0.15) is 5.82 Å². The first kappa shape index (κ1) is 21.4. The van der Waals surface area contributed by atoms with E-state index in [1.807, 2.05) is 37.3 Å². The second-order valence-electron chi connectivity index (χ2n) is 6.86. The highest BCUT2D eigenvalue weighted by Gasteiger charge is 2.26. The number of hydrogen-bond acceptors (Lipinski definition) is 4. The van der Waals surface area contributed by atoms with Gasteiger partial charge in [-0.25, -0.2) is 4.79 Å². The molecule has 0 saturated heterocycles. The van der Waals surface area contributed by atoms with Crippen molar-refractivity contribution in [2.45, 2.75) is 32.9 Å². The Kier molecular flexibility index (Phi) is 6.74. The van der Waals surface area contributed by atoms with E-state index in [-0.39, 0.29) is 28.6 Å². The molecule has 0 aliphatic heterocycles. The Morgan fingerprint density at radius 2 is 1.77 bits per heavy atom. The molecule has 156 valence electrons. The van der Waals surface area contributed by atoms with Crippen molar-refractivity contribution >= 4 is 29.0 Å². The molecule has 3 rings (SSSR count). The van der Waals surface area contributed by atoms with Crippen molar-refractivity contribution in [3.8, 4) is 0 Å². The van der Waals surface area contributed by atoms with Crippen molar-refractivity contribution in [2.75, 3.05) is 10.6 Å². The Morgan fingerprint density at radius 3 is 2.43 bits per heavy atom. The standard InChI is InChI=1S/C22H23ClN4O3/c1-2-3-13-26-19(24)18(20(28)25-22(26)30)27(14-15-9-5-4-6-10-15)21(29)16-11-7-8-12-17(16)23/h4-12H,2-3,13-14,24H2,1H3,(H,25,28,30). The third-order valence-electron chi connectivity index (χ3n) is 4.75. The highest BCUT2D eigenvalue weighted by atomic mass is 35.5. The monoisotopic (exact) mass is 426 g/mol. The first-order valence-corrected chi connectivity index (χ1v) is 10.0. The zero-order valence-corrected chi connectivity index (χ0v) is 17.4. The SMILES string of the molecule is CCCCn1c(N)c(N(Cc2ccccc2)C(=O)c2ccccc2Cl)c(=O)[nH]c1=O. The van der Waals surface area contributed by atoms with Gasteiger partial charge in [0.2, 0.25) is 0 Å². The van der Waals surface area contributed by atoms with E-state index in [4.69, 9.17) is 17.3 Å². The number of carbonyl (C=O) groups excluding carboxylic acids is 1. The van der Waals surface area contributed by atoms with E-state index in [1.54, 1.807) is 24.3 Å². The van der Waals surface area contributed by atoms with Gasteiger partial charge in [-0.3, -0.25) is 24.0 Å². The summed E-state index contributed by atoms with van der Waals surface area (Å²) in [6.07, 6.45) is 1.54. The molecule has 0 saturated carbocycles. The average molecular weight is 427 g/mol. The normalized spacial score (nSPS) is 10.7. The van der Waals surface area contributed by atoms with Crippen LogP contribution in [0.3, 0.4) is 0 Å². The number of anilines is 2. The minimum absolute atomic E-state index is 0.0477. The molecule has 0 unspecified atom stereocenters. The summed E-state index contributed by atoms with van der Waals surface area (Å²) in [5.74, 6) is -0.532. The molecule has 2 aromatic carbocycles. The number of rotatable bonds is 7. The number of nitrogen functional groups attached to an aromatic ring is 1. The van der Waals surface area contributed by atoms with E-state index < -0.39 is 17.2 Å². The Balaban J connectivity index is 2.17. The van der Waals surface area contributed by atoms with Crippen LogP contribution in [0.4, 0.5) is 11.5 Å². The number of hydrogen-bond donors (Lipinski definition) is 2. The lowest BCUT2D eigenvalue weighted by Crippen LogP contribution is -2.41. The summed E-state index contributed by atoms with van der Waals surface area (Å²) >= 11 is 6.24. The summed E-state index contributed by atoms with van der Waals surface area (Å²) in [6, 6.07) is 15.8. The van der Waals surface area contributed by atoms with Gasteiger partial charge < -0.3 is 5.73 Å². The lowest BCUT2D eigenvalue weighted by Gasteiger charge is -2.25. The molecule has 0 bridgehead atoms. The Labute approximate surface area is 178 Å². The molecule has 0 fully saturated rings. The Morgan fingerprint density at radius 1 is 1.10 bits per heavy atom. The lowest BCUT2D eigenvalue weighted by atomic mass is 10.1. The third-order valence-corrected chi connectivity index (χ3v) is 5.08. The highest BCUT2D eigenvalue weighted by molar-refractivity contribution is 6.34. The van der Waals surface area contributed by atoms with E-state index in [9.17, 15) is 14.4 Å². The van der Waals surface area contributed by atoms with Gasteiger partial charge in [0.05, 0.1) is 17.1 Å². The van der Waals surface area contributed by atoms with Crippen molar-refractivity contribution in [3.63, 3.8) is 0 Å². The summed E-state index contributed by atoms with van der Waals surface area (Å²) in [4.78, 5) is 42.1. The number of halogens is 1. The van der Waals surface area contributed by atoms with Crippen LogP contribution in [-0.2, 0) is 13.1 Å². The average Bonchev–Trinajstić information content (AvgIpc) is 2.73. The molecule has 1 heterocycles. The number of H-pyrrole nitrogens is 1. The predicted octanol–water partition coefficient (Wildman–Crippen LogP) is 3.42. The van der Waals surface area contributed by atoms with Gasteiger partial charge in [0.15, 0.2) is 5.69 Å². The van der Waals surface area contributed by atoms with E-state index in [2.05, 4.69) is 4.98 Å². The number of amides is 1. The molecule has 0 atom stereocenters. The number of nitrogens with zero attached hydrogens (tertiary/aromatic N) is 2. The molecule has 7 nitrogen and oxygen atoms in total. The molecule has 3 aromatic rings. The summed E-state index contributed by atoms with van der Waals surface area (Å²) in [6.45, 7) is 2.41. The van der Waals surface area contributed by atoms with Gasteiger partial charge in [0.25, 0.3) is 11.5 Å². The molecule has 0 radical (unpaired) electrons. The van der Waals surface area contributed by atoms with Crippen LogP contribution in [0.25, 0.3) is 0 Å². The number of nitrogens with one attached hydrogen (secondary N) is 1. The van der Waals surface area contributed by atoms with Crippen LogP contribution in [0.1, 0.15) is 35.7 Å². The van der Waals surface area contributed by atoms with Gasteiger partial charge in [-0.05, 0) is 24.1 Å². The Hall–Kier alpha value is -3.32. The number of nitrogens with two attached hydrogens (primary N) is 1. The zero-order chi connectivity index (χ0) is 21.7. The van der Waals surface area contributed by atoms with Crippen molar-refractivity contribution in [2.24, 2.45) is 0 Å². The third kappa shape index (κ3) is 4.46. The van der Waals surface area contributed by atoms with Crippen LogP contribution in [0.15, 0.2) is 64.2 Å². The van der Waals surface area contributed by atoms with E-state index in [0.29, 0.717) is 13.0 Å². The number of aromatic nitrogens is 2. The fraction of sp³-hybridized carbons (Fsp3) is 0.227. The highest BCUT2D eigenvalue weighted by Crippen LogP contribution is 2.25. The molecule has 1 amide bonds. The van der Waals surface area contributed by atoms with E-state index in [0.717, 1.165) is 12.0 Å². The number of benzene rings is 2. The van der Waals surface area contributed by atoms with Crippen LogP contribution in [0, 0.1) is 0 Å². The summed E-state index contributed by atoms with van der Waals surface area (Å²) in [5, 5.41) is 0.259. The van der Waals surface area contributed by atoms with Crippen LogP contribution < -0.4 is 21.9 Å². The van der Waals surface area contributed by atoms with Crippen molar-refractivity contribution in [3.05, 3.63) is 91.6 Å². The molecule has 30 heavy (non-hydrogen) atoms. The first-order valence-electron chi connectivity index (χ1n) is 9.67. The molecule has 0 aliphatic carbocycles. The number of carbonyl (C=O) groups is 1. The van der Waals surface area contributed by atoms with Gasteiger partial charge >= 0.3 is 5.69 Å². The quantitative estimate of drug-likeness (QED) is 0.604. The first-order chi connectivity index (χ1) is 14.4. The largest absolute Gasteiger partial charge is 0.383 e. The van der Waals surface area contributed by atoms with Gasteiger partial charge in [-0.1, -0.05) is 67.4 Å². The van der Waals surface area contributed by atoms with Crippen LogP contribution in [0.2, 0.25) is 5.02 Å². The van der Waals surface area contributed by atoms with Gasteiger partial charge in [0, 0.05) is 6.54 Å². The maximum Gasteiger partial charge on any atom is 0.330 e. The second-order valence-corrected chi connectivity index (χ2v) is 7.26. The molecule has 8 heteroatoms. The summed E-state index contributed by atoms with van der Waals surface area (Å²) < 4.78 is 1.29. The fourth-order valence-electron chi connectivity index (χ4n) is 3.17. The van der Waals surface area contributed by atoms with E-state index in [1.165, 1.54) is 9.47 Å². The van der Waals surface area contributed by atoms with Crippen LogP contribution in [0.5, 0.6) is 0 Å². The van der Waals surface area contributed by atoms with Gasteiger partial charge in [-0.2, -0.15) is 0 Å². The topological polar surface area (TPSA) is 101 Å². The van der Waals surface area contributed by atoms with Crippen molar-refractivity contribution in [1.82, 2.24) is 9.55 Å². The Bertz CT molecular complexity index is 1160. The van der Waals surface area contributed by atoms with Crippen LogP contribution in [-0.4, -0.2) is 15.5 Å². The molecule has 3 N–H and O–H groups in total. The predicted molar refractivity (Wildman–Crippen MR) is 119 cm³/mol. The number of aromatic amines is 1. The second kappa shape index (κ2) is 9.45. The molecular weight excluding hydrogens is 404 g/mol. The smallest absolute Gasteiger partial charge is 0.330 e.